The first-order valence-electron chi connectivity index (χ1n) is 11.3. The molecule has 34 heavy (non-hydrogen) atoms. The van der Waals surface area contributed by atoms with Crippen molar-refractivity contribution in [3.63, 3.8) is 0 Å². The van der Waals surface area contributed by atoms with Gasteiger partial charge in [-0.3, -0.25) is 14.9 Å². The van der Waals surface area contributed by atoms with Crippen LogP contribution in [0.15, 0.2) is 36.4 Å². The van der Waals surface area contributed by atoms with E-state index in [9.17, 15) is 19.7 Å². The van der Waals surface area contributed by atoms with Gasteiger partial charge in [0.25, 0.3) is 11.6 Å². The Morgan fingerprint density at radius 2 is 1.94 bits per heavy atom. The van der Waals surface area contributed by atoms with Crippen molar-refractivity contribution in [2.45, 2.75) is 32.8 Å². The third-order valence-electron chi connectivity index (χ3n) is 5.87. The summed E-state index contributed by atoms with van der Waals surface area (Å²) in [6.07, 6.45) is 0.918. The largest absolute Gasteiger partial charge is 0.486 e. The van der Waals surface area contributed by atoms with Gasteiger partial charge in [-0.2, -0.15) is 0 Å². The predicted octanol–water partition coefficient (Wildman–Crippen LogP) is 3.79. The minimum absolute atomic E-state index is 0.0134. The second-order valence-electron chi connectivity index (χ2n) is 8.55. The maximum Gasteiger partial charge on any atom is 0.339 e. The highest BCUT2D eigenvalue weighted by Crippen LogP contribution is 2.34. The molecule has 0 bridgehead atoms. The first-order valence-corrected chi connectivity index (χ1v) is 11.3. The number of hydrogen-bond acceptors (Lipinski definition) is 8. The van der Waals surface area contributed by atoms with Gasteiger partial charge in [0.15, 0.2) is 17.6 Å². The van der Waals surface area contributed by atoms with E-state index in [1.165, 1.54) is 19.1 Å². The molecule has 2 aliphatic heterocycles. The fraction of sp³-hybridized carbons (Fsp3) is 0.417. The van der Waals surface area contributed by atoms with Crippen molar-refractivity contribution in [1.82, 2.24) is 0 Å². The van der Waals surface area contributed by atoms with Crippen LogP contribution >= 0.6 is 0 Å². The number of rotatable bonds is 6. The third kappa shape index (κ3) is 5.22. The number of piperidine rings is 1. The van der Waals surface area contributed by atoms with E-state index in [0.717, 1.165) is 25.9 Å². The maximum absolute atomic E-state index is 12.6. The summed E-state index contributed by atoms with van der Waals surface area (Å²) < 4.78 is 16.2. The number of amides is 1. The first-order chi connectivity index (χ1) is 16.3. The number of carbonyl (C=O) groups excluding carboxylic acids is 2. The molecular weight excluding hydrogens is 442 g/mol. The first kappa shape index (κ1) is 23.3. The number of nitrogens with zero attached hydrogens (tertiary/aromatic N) is 2. The zero-order valence-corrected chi connectivity index (χ0v) is 19.1. The van der Waals surface area contributed by atoms with Crippen LogP contribution in [0.5, 0.6) is 11.5 Å². The number of anilines is 2. The number of ether oxygens (including phenoxy) is 3. The molecule has 2 aromatic carbocycles. The van der Waals surface area contributed by atoms with E-state index in [2.05, 4.69) is 12.2 Å². The Bertz CT molecular complexity index is 1100. The summed E-state index contributed by atoms with van der Waals surface area (Å²) in [5.41, 5.74) is 0.807. The fourth-order valence-corrected chi connectivity index (χ4v) is 4.12. The van der Waals surface area contributed by atoms with Gasteiger partial charge in [-0.1, -0.05) is 6.92 Å². The molecular formula is C24H27N3O7. The van der Waals surface area contributed by atoms with Crippen LogP contribution in [-0.4, -0.2) is 49.2 Å². The van der Waals surface area contributed by atoms with E-state index < -0.39 is 22.9 Å². The number of nitrogens with one attached hydrogen (secondary N) is 1. The molecule has 180 valence electrons. The van der Waals surface area contributed by atoms with E-state index in [1.54, 1.807) is 24.3 Å². The Labute approximate surface area is 196 Å². The molecule has 2 heterocycles. The number of esters is 1. The molecule has 1 N–H and O–H groups in total. The summed E-state index contributed by atoms with van der Waals surface area (Å²) >= 11 is 0. The Morgan fingerprint density at radius 1 is 1.18 bits per heavy atom. The number of nitro benzene ring substituents is 1. The topological polar surface area (TPSA) is 120 Å². The van der Waals surface area contributed by atoms with Gasteiger partial charge in [0.05, 0.1) is 10.5 Å². The van der Waals surface area contributed by atoms with Gasteiger partial charge in [-0.15, -0.1) is 0 Å². The number of benzene rings is 2. The highest BCUT2D eigenvalue weighted by Gasteiger charge is 2.27. The molecule has 0 radical (unpaired) electrons. The molecule has 1 amide bonds. The quantitative estimate of drug-likeness (QED) is 0.385. The molecule has 0 aromatic heterocycles. The Balaban J connectivity index is 1.42. The van der Waals surface area contributed by atoms with Crippen molar-refractivity contribution in [2.75, 3.05) is 36.5 Å². The zero-order chi connectivity index (χ0) is 24.2. The van der Waals surface area contributed by atoms with Crippen LogP contribution < -0.4 is 19.7 Å². The Morgan fingerprint density at radius 3 is 2.68 bits per heavy atom. The number of hydrogen-bond donors (Lipinski definition) is 1. The molecule has 10 heteroatoms. The molecule has 2 aliphatic rings. The van der Waals surface area contributed by atoms with Gasteiger partial charge in [0.1, 0.15) is 18.9 Å². The average Bonchev–Trinajstić information content (AvgIpc) is 2.83. The van der Waals surface area contributed by atoms with Crippen molar-refractivity contribution in [3.05, 3.63) is 52.1 Å². The summed E-state index contributed by atoms with van der Waals surface area (Å²) in [6.45, 7) is 5.88. The molecule has 2 unspecified atom stereocenters. The lowest BCUT2D eigenvalue weighted by molar-refractivity contribution is -0.384. The minimum atomic E-state index is -1.12. The van der Waals surface area contributed by atoms with E-state index in [-0.39, 0.29) is 11.3 Å². The normalized spacial score (nSPS) is 18.1. The Kier molecular flexibility index (Phi) is 6.85. The Hall–Kier alpha value is -3.82. The number of fused-ring (bicyclic) bond motifs is 1. The summed E-state index contributed by atoms with van der Waals surface area (Å²) in [4.78, 5) is 38.4. The average molecular weight is 469 g/mol. The molecule has 2 aromatic rings. The van der Waals surface area contributed by atoms with Gasteiger partial charge >= 0.3 is 5.97 Å². The van der Waals surface area contributed by atoms with Crippen molar-refractivity contribution in [3.8, 4) is 11.5 Å². The van der Waals surface area contributed by atoms with E-state index in [0.29, 0.717) is 42.0 Å². The van der Waals surface area contributed by atoms with Crippen molar-refractivity contribution >= 4 is 28.9 Å². The lowest BCUT2D eigenvalue weighted by atomic mass is 9.99. The van der Waals surface area contributed by atoms with Crippen molar-refractivity contribution < 1.29 is 28.7 Å². The summed E-state index contributed by atoms with van der Waals surface area (Å²) in [5.74, 6) is 0.188. The fourth-order valence-electron chi connectivity index (χ4n) is 4.12. The molecule has 1 fully saturated rings. The van der Waals surface area contributed by atoms with Gasteiger partial charge in [-0.05, 0) is 49.9 Å². The maximum atomic E-state index is 12.6. The second-order valence-corrected chi connectivity index (χ2v) is 8.55. The second kappa shape index (κ2) is 9.98. The van der Waals surface area contributed by atoms with Gasteiger partial charge in [0, 0.05) is 30.9 Å². The van der Waals surface area contributed by atoms with Crippen LogP contribution in [0.25, 0.3) is 0 Å². The minimum Gasteiger partial charge on any atom is -0.486 e. The van der Waals surface area contributed by atoms with Crippen molar-refractivity contribution in [2.24, 2.45) is 5.92 Å². The lowest BCUT2D eigenvalue weighted by Gasteiger charge is -2.32. The van der Waals surface area contributed by atoms with E-state index in [4.69, 9.17) is 14.2 Å². The smallest absolute Gasteiger partial charge is 0.339 e. The van der Waals surface area contributed by atoms with Crippen LogP contribution in [0.2, 0.25) is 0 Å². The molecule has 0 aliphatic carbocycles. The van der Waals surface area contributed by atoms with Crippen LogP contribution in [0, 0.1) is 16.0 Å². The molecule has 4 rings (SSSR count). The summed E-state index contributed by atoms with van der Waals surface area (Å²) in [6, 6.07) is 9.25. The monoisotopic (exact) mass is 469 g/mol. The van der Waals surface area contributed by atoms with E-state index in [1.807, 2.05) is 4.90 Å². The third-order valence-corrected chi connectivity index (χ3v) is 5.87. The summed E-state index contributed by atoms with van der Waals surface area (Å²) in [5, 5.41) is 14.4. The SMILES string of the molecule is CC1CCCN(c2ccc(C(=O)OC(C)C(=O)Nc3ccc4c(c3)OCCO4)cc2[N+](=O)[O-])C1. The summed E-state index contributed by atoms with van der Waals surface area (Å²) in [7, 11) is 0. The van der Waals surface area contributed by atoms with Crippen LogP contribution in [0.1, 0.15) is 37.0 Å². The zero-order valence-electron chi connectivity index (χ0n) is 19.1. The predicted molar refractivity (Wildman–Crippen MR) is 125 cm³/mol. The highest BCUT2D eigenvalue weighted by atomic mass is 16.6. The van der Waals surface area contributed by atoms with Crippen LogP contribution in [0.3, 0.4) is 0 Å². The van der Waals surface area contributed by atoms with Crippen molar-refractivity contribution in [1.29, 1.82) is 0 Å². The number of nitro groups is 1. The molecule has 0 saturated carbocycles. The molecule has 10 nitrogen and oxygen atoms in total. The highest BCUT2D eigenvalue weighted by molar-refractivity contribution is 5.98. The van der Waals surface area contributed by atoms with Gasteiger partial charge in [0.2, 0.25) is 0 Å². The van der Waals surface area contributed by atoms with Gasteiger partial charge < -0.3 is 24.4 Å². The number of carbonyl (C=O) groups is 2. The lowest BCUT2D eigenvalue weighted by Crippen LogP contribution is -2.34. The standard InChI is InChI=1S/C24H27N3O7/c1-15-4-3-9-26(14-15)19-7-5-17(12-20(19)27(30)31)24(29)34-16(2)23(28)25-18-6-8-21-22(13-18)33-11-10-32-21/h5-8,12-13,15-16H,3-4,9-11,14H2,1-2H3,(H,25,28). The van der Waals surface area contributed by atoms with E-state index >= 15 is 0 Å². The molecule has 1 saturated heterocycles. The van der Waals surface area contributed by atoms with Crippen LogP contribution in [0.4, 0.5) is 17.1 Å². The molecule has 0 spiro atoms. The van der Waals surface area contributed by atoms with Crippen LogP contribution in [-0.2, 0) is 9.53 Å². The van der Waals surface area contributed by atoms with Gasteiger partial charge in [-0.25, -0.2) is 4.79 Å². The molecule has 2 atom stereocenters.